The molecular formula is C20H20N4O5. The van der Waals surface area contributed by atoms with Gasteiger partial charge in [-0.05, 0) is 43.5 Å². The maximum absolute atomic E-state index is 13.0. The first kappa shape index (κ1) is 20.2. The monoisotopic (exact) mass is 396 g/mol. The van der Waals surface area contributed by atoms with Gasteiger partial charge in [0.05, 0.1) is 23.9 Å². The largest absolute Gasteiger partial charge is 0.493 e. The van der Waals surface area contributed by atoms with Crippen LogP contribution >= 0.6 is 0 Å². The number of carboxylic acid groups (broad SMARTS) is 1. The zero-order valence-electron chi connectivity index (χ0n) is 15.8. The molecule has 2 N–H and O–H groups in total. The van der Waals surface area contributed by atoms with Crippen LogP contribution in [0.25, 0.3) is 0 Å². The van der Waals surface area contributed by atoms with Crippen LogP contribution in [0.3, 0.4) is 0 Å². The van der Waals surface area contributed by atoms with Crippen LogP contribution in [-0.2, 0) is 17.7 Å². The number of aromatic carboxylic acids is 1. The lowest BCUT2D eigenvalue weighted by atomic mass is 10.1. The van der Waals surface area contributed by atoms with Gasteiger partial charge in [-0.2, -0.15) is 10.4 Å². The van der Waals surface area contributed by atoms with Crippen molar-refractivity contribution >= 4 is 17.3 Å². The van der Waals surface area contributed by atoms with Gasteiger partial charge >= 0.3 is 5.97 Å². The normalized spacial score (nSPS) is 16.2. The van der Waals surface area contributed by atoms with E-state index in [2.05, 4.69) is 10.2 Å². The summed E-state index contributed by atoms with van der Waals surface area (Å²) in [6, 6.07) is 7.64. The van der Waals surface area contributed by atoms with Gasteiger partial charge in [-0.25, -0.2) is 4.79 Å². The van der Waals surface area contributed by atoms with Crippen molar-refractivity contribution in [3.8, 4) is 11.9 Å². The van der Waals surface area contributed by atoms with Crippen molar-refractivity contribution in [3.63, 3.8) is 0 Å². The number of benzene rings is 1. The van der Waals surface area contributed by atoms with Gasteiger partial charge in [-0.3, -0.25) is 9.36 Å². The van der Waals surface area contributed by atoms with Crippen molar-refractivity contribution in [2.45, 2.75) is 38.8 Å². The van der Waals surface area contributed by atoms with E-state index >= 15 is 0 Å². The maximum Gasteiger partial charge on any atom is 0.335 e. The predicted molar refractivity (Wildman–Crippen MR) is 103 cm³/mol. The summed E-state index contributed by atoms with van der Waals surface area (Å²) in [5, 5.41) is 37.0. The van der Waals surface area contributed by atoms with Crippen LogP contribution in [0.4, 0.5) is 11.4 Å². The number of rotatable bonds is 6. The third-order valence-electron chi connectivity index (χ3n) is 4.77. The van der Waals surface area contributed by atoms with Crippen LogP contribution in [0.15, 0.2) is 39.3 Å². The number of ether oxygens (including phenoxy) is 1. The summed E-state index contributed by atoms with van der Waals surface area (Å²) in [6.07, 6.45) is 1.72. The van der Waals surface area contributed by atoms with Gasteiger partial charge in [0.2, 0.25) is 5.88 Å². The summed E-state index contributed by atoms with van der Waals surface area (Å²) in [6.45, 7) is 2.47. The van der Waals surface area contributed by atoms with Gasteiger partial charge in [0.1, 0.15) is 11.6 Å². The predicted octanol–water partition coefficient (Wildman–Crippen LogP) is 3.28. The van der Waals surface area contributed by atoms with Gasteiger partial charge in [-0.1, -0.05) is 6.92 Å². The summed E-state index contributed by atoms with van der Waals surface area (Å²) < 4.78 is 6.65. The van der Waals surface area contributed by atoms with Crippen LogP contribution in [0.1, 0.15) is 41.3 Å². The van der Waals surface area contributed by atoms with Crippen molar-refractivity contribution in [3.05, 3.63) is 51.3 Å². The minimum Gasteiger partial charge on any atom is -0.493 e. The molecule has 0 saturated carbocycles. The molecule has 1 unspecified atom stereocenters. The number of aromatic nitrogens is 1. The molecule has 1 aliphatic heterocycles. The number of nitrogens with zero attached hydrogens (tertiary/aromatic N) is 4. The molecule has 0 spiro atoms. The summed E-state index contributed by atoms with van der Waals surface area (Å²) >= 11 is 0. The van der Waals surface area contributed by atoms with Crippen molar-refractivity contribution in [2.24, 2.45) is 10.2 Å². The second kappa shape index (κ2) is 8.67. The summed E-state index contributed by atoms with van der Waals surface area (Å²) in [4.78, 5) is 23.9. The fraction of sp³-hybridized carbons (Fsp3) is 0.350. The molecular weight excluding hydrogens is 376 g/mol. The number of aromatic hydroxyl groups is 1. The molecule has 1 aliphatic rings. The van der Waals surface area contributed by atoms with E-state index in [0.717, 1.165) is 17.4 Å². The van der Waals surface area contributed by atoms with E-state index in [1.807, 2.05) is 6.07 Å². The first-order chi connectivity index (χ1) is 14.0. The number of azo groups is 1. The summed E-state index contributed by atoms with van der Waals surface area (Å²) in [5.74, 6) is -1.45. The molecule has 3 rings (SSSR count). The van der Waals surface area contributed by atoms with Gasteiger partial charge < -0.3 is 14.9 Å². The molecule has 1 atom stereocenters. The minimum absolute atomic E-state index is 0.0136. The quantitative estimate of drug-likeness (QED) is 0.719. The van der Waals surface area contributed by atoms with Gasteiger partial charge in [0.25, 0.3) is 5.56 Å². The lowest BCUT2D eigenvalue weighted by Gasteiger charge is -2.17. The molecule has 1 saturated heterocycles. The Balaban J connectivity index is 2.05. The Morgan fingerprint density at radius 3 is 2.62 bits per heavy atom. The highest BCUT2D eigenvalue weighted by molar-refractivity contribution is 5.87. The standard InChI is InChI=1S/C20H20N4O5/c1-2-15-16(10-21)18(25)24(11-14-4-3-9-29-14)19(26)17(15)23-22-13-7-5-12(6-8-13)20(27)28/h5-8,14,25H,2-4,9,11H2,1H3,(H,27,28). The molecule has 0 amide bonds. The summed E-state index contributed by atoms with van der Waals surface area (Å²) in [5.41, 5.74) is 0.175. The second-order valence-corrected chi connectivity index (χ2v) is 6.59. The van der Waals surface area contributed by atoms with E-state index in [-0.39, 0.29) is 29.5 Å². The molecule has 0 radical (unpaired) electrons. The highest BCUT2D eigenvalue weighted by Crippen LogP contribution is 2.29. The Morgan fingerprint density at radius 2 is 2.07 bits per heavy atom. The van der Waals surface area contributed by atoms with Crippen LogP contribution in [0.2, 0.25) is 0 Å². The van der Waals surface area contributed by atoms with E-state index in [1.165, 1.54) is 24.3 Å². The van der Waals surface area contributed by atoms with E-state index in [4.69, 9.17) is 9.84 Å². The molecule has 0 aliphatic carbocycles. The van der Waals surface area contributed by atoms with Crippen LogP contribution in [0.5, 0.6) is 5.88 Å². The molecule has 150 valence electrons. The lowest BCUT2D eigenvalue weighted by molar-refractivity contribution is 0.0697. The van der Waals surface area contributed by atoms with E-state index in [9.17, 15) is 20.0 Å². The Bertz CT molecular complexity index is 1040. The Morgan fingerprint density at radius 1 is 1.34 bits per heavy atom. The Hall–Kier alpha value is -3.51. The minimum atomic E-state index is -1.06. The average Bonchev–Trinajstić information content (AvgIpc) is 3.23. The zero-order valence-corrected chi connectivity index (χ0v) is 15.8. The van der Waals surface area contributed by atoms with Crippen LogP contribution in [-0.4, -0.2) is 33.5 Å². The Labute approximate surface area is 166 Å². The van der Waals surface area contributed by atoms with Gasteiger partial charge in [0.15, 0.2) is 5.69 Å². The first-order valence-electron chi connectivity index (χ1n) is 9.21. The topological polar surface area (TPSA) is 137 Å². The van der Waals surface area contributed by atoms with Crippen molar-refractivity contribution in [1.82, 2.24) is 4.57 Å². The van der Waals surface area contributed by atoms with Gasteiger partial charge in [0, 0.05) is 12.2 Å². The van der Waals surface area contributed by atoms with Crippen molar-refractivity contribution in [2.75, 3.05) is 6.61 Å². The number of hydrogen-bond donors (Lipinski definition) is 2. The van der Waals surface area contributed by atoms with Gasteiger partial charge in [-0.15, -0.1) is 5.11 Å². The summed E-state index contributed by atoms with van der Waals surface area (Å²) in [7, 11) is 0. The smallest absolute Gasteiger partial charge is 0.335 e. The number of carboxylic acids is 1. The molecule has 2 aromatic rings. The molecule has 0 bridgehead atoms. The second-order valence-electron chi connectivity index (χ2n) is 6.59. The number of carbonyl (C=O) groups is 1. The average molecular weight is 396 g/mol. The molecule has 29 heavy (non-hydrogen) atoms. The molecule has 1 aromatic carbocycles. The SMILES string of the molecule is CCc1c(C#N)c(O)n(CC2CCCO2)c(=O)c1N=Nc1ccc(C(=O)O)cc1. The molecule has 1 aromatic heterocycles. The number of hydrogen-bond acceptors (Lipinski definition) is 7. The fourth-order valence-electron chi connectivity index (χ4n) is 3.25. The molecule has 1 fully saturated rings. The molecule has 2 heterocycles. The third kappa shape index (κ3) is 4.17. The van der Waals surface area contributed by atoms with E-state index in [0.29, 0.717) is 24.3 Å². The fourth-order valence-corrected chi connectivity index (χ4v) is 3.25. The molecule has 9 heteroatoms. The lowest BCUT2D eigenvalue weighted by Crippen LogP contribution is -2.27. The first-order valence-corrected chi connectivity index (χ1v) is 9.21. The Kier molecular flexibility index (Phi) is 6.04. The van der Waals surface area contributed by atoms with Crippen LogP contribution < -0.4 is 5.56 Å². The number of pyridine rings is 1. The van der Waals surface area contributed by atoms with E-state index < -0.39 is 17.4 Å². The maximum atomic E-state index is 13.0. The highest BCUT2D eigenvalue weighted by atomic mass is 16.5. The third-order valence-corrected chi connectivity index (χ3v) is 4.77. The molecule has 9 nitrogen and oxygen atoms in total. The van der Waals surface area contributed by atoms with Crippen LogP contribution in [0, 0.1) is 11.3 Å². The highest BCUT2D eigenvalue weighted by Gasteiger charge is 2.24. The van der Waals surface area contributed by atoms with Crippen molar-refractivity contribution < 1.29 is 19.7 Å². The number of nitriles is 1. The zero-order chi connectivity index (χ0) is 21.0. The van der Waals surface area contributed by atoms with E-state index in [1.54, 1.807) is 6.92 Å². The van der Waals surface area contributed by atoms with Crippen molar-refractivity contribution in [1.29, 1.82) is 5.26 Å².